The van der Waals surface area contributed by atoms with E-state index in [2.05, 4.69) is 5.32 Å². The molecule has 1 aromatic rings. The molecule has 1 aromatic carbocycles. The Balaban J connectivity index is 2.19. The molecule has 20 heavy (non-hydrogen) atoms. The summed E-state index contributed by atoms with van der Waals surface area (Å²) in [4.78, 5) is 22.7. The highest BCUT2D eigenvalue weighted by atomic mass is 16.6. The van der Waals surface area contributed by atoms with E-state index in [0.717, 1.165) is 0 Å². The lowest BCUT2D eigenvalue weighted by Gasteiger charge is -2.09. The quantitative estimate of drug-likeness (QED) is 0.576. The third-order valence-electron chi connectivity index (χ3n) is 2.26. The molecule has 0 unspecified atom stereocenters. The maximum absolute atomic E-state index is 11.4. The second-order valence-corrected chi connectivity index (χ2v) is 4.55. The predicted octanol–water partition coefficient (Wildman–Crippen LogP) is 1.11. The Bertz CT molecular complexity index is 460. The highest BCUT2D eigenvalue weighted by molar-refractivity contribution is 5.77. The molecule has 110 valence electrons. The Morgan fingerprint density at radius 3 is 2.75 bits per heavy atom. The van der Waals surface area contributed by atoms with E-state index in [1.165, 1.54) is 0 Å². The summed E-state index contributed by atoms with van der Waals surface area (Å²) in [5, 5.41) is 2.71. The van der Waals surface area contributed by atoms with Crippen LogP contribution in [0.2, 0.25) is 0 Å². The molecular weight excluding hydrogens is 260 g/mol. The fourth-order valence-corrected chi connectivity index (χ4v) is 1.44. The van der Waals surface area contributed by atoms with E-state index in [9.17, 15) is 9.59 Å². The van der Waals surface area contributed by atoms with Crippen molar-refractivity contribution in [1.82, 2.24) is 5.32 Å². The number of nitrogens with one attached hydrogen (secondary N) is 1. The molecular formula is C14H20N2O4. The fraction of sp³-hybridized carbons (Fsp3) is 0.429. The van der Waals surface area contributed by atoms with Crippen molar-refractivity contribution < 1.29 is 19.1 Å². The summed E-state index contributed by atoms with van der Waals surface area (Å²) in [5.41, 5.74) is 6.13. The first-order valence-electron chi connectivity index (χ1n) is 6.40. The fourth-order valence-electron chi connectivity index (χ4n) is 1.44. The van der Waals surface area contributed by atoms with Gasteiger partial charge in [0.1, 0.15) is 12.4 Å². The van der Waals surface area contributed by atoms with Crippen molar-refractivity contribution in [2.45, 2.75) is 26.3 Å². The lowest BCUT2D eigenvalue weighted by molar-refractivity contribution is -0.146. The van der Waals surface area contributed by atoms with Gasteiger partial charge in [-0.25, -0.2) is 4.79 Å². The summed E-state index contributed by atoms with van der Waals surface area (Å²) in [6, 6.07) is 6.83. The Kier molecular flexibility index (Phi) is 6.36. The van der Waals surface area contributed by atoms with Crippen LogP contribution in [-0.4, -0.2) is 31.1 Å². The summed E-state index contributed by atoms with van der Waals surface area (Å²) in [6.07, 6.45) is 0.141. The van der Waals surface area contributed by atoms with Gasteiger partial charge in [-0.15, -0.1) is 0 Å². The molecule has 0 bridgehead atoms. The number of rotatable bonds is 7. The van der Waals surface area contributed by atoms with Crippen LogP contribution < -0.4 is 15.8 Å². The van der Waals surface area contributed by atoms with E-state index in [0.29, 0.717) is 11.4 Å². The van der Waals surface area contributed by atoms with Gasteiger partial charge in [-0.1, -0.05) is 6.07 Å². The van der Waals surface area contributed by atoms with Crippen LogP contribution in [0, 0.1) is 0 Å². The molecule has 0 aliphatic heterocycles. The van der Waals surface area contributed by atoms with Crippen LogP contribution in [0.3, 0.4) is 0 Å². The smallest absolute Gasteiger partial charge is 0.344 e. The average molecular weight is 280 g/mol. The van der Waals surface area contributed by atoms with E-state index < -0.39 is 5.97 Å². The second-order valence-electron chi connectivity index (χ2n) is 4.55. The van der Waals surface area contributed by atoms with Crippen molar-refractivity contribution in [2.24, 2.45) is 0 Å². The summed E-state index contributed by atoms with van der Waals surface area (Å²) < 4.78 is 10.1. The molecule has 0 saturated carbocycles. The summed E-state index contributed by atoms with van der Waals surface area (Å²) >= 11 is 0. The highest BCUT2D eigenvalue weighted by Crippen LogP contribution is 2.14. The molecule has 0 spiro atoms. The highest BCUT2D eigenvalue weighted by Gasteiger charge is 2.07. The van der Waals surface area contributed by atoms with E-state index in [1.807, 2.05) is 13.8 Å². The molecule has 1 amide bonds. The van der Waals surface area contributed by atoms with Gasteiger partial charge in [-0.3, -0.25) is 4.79 Å². The first-order valence-corrected chi connectivity index (χ1v) is 6.40. The zero-order valence-corrected chi connectivity index (χ0v) is 11.7. The molecule has 0 saturated heterocycles. The first kappa shape index (κ1) is 15.8. The normalized spacial score (nSPS) is 10.2. The van der Waals surface area contributed by atoms with Crippen molar-refractivity contribution in [3.8, 4) is 5.75 Å². The molecule has 3 N–H and O–H groups in total. The van der Waals surface area contributed by atoms with Crippen molar-refractivity contribution in [3.05, 3.63) is 24.3 Å². The third kappa shape index (κ3) is 6.63. The lowest BCUT2D eigenvalue weighted by Crippen LogP contribution is -2.31. The van der Waals surface area contributed by atoms with Crippen LogP contribution in [0.4, 0.5) is 5.69 Å². The molecule has 0 aromatic heterocycles. The van der Waals surface area contributed by atoms with Gasteiger partial charge in [0.2, 0.25) is 5.91 Å². The monoisotopic (exact) mass is 280 g/mol. The topological polar surface area (TPSA) is 90.6 Å². The van der Waals surface area contributed by atoms with E-state index in [4.69, 9.17) is 15.2 Å². The molecule has 0 fully saturated rings. The van der Waals surface area contributed by atoms with Gasteiger partial charge in [-0.2, -0.15) is 0 Å². The van der Waals surface area contributed by atoms with E-state index in [-0.39, 0.29) is 31.6 Å². The number of carbonyl (C=O) groups is 2. The van der Waals surface area contributed by atoms with Gasteiger partial charge in [0.05, 0.1) is 6.42 Å². The third-order valence-corrected chi connectivity index (χ3v) is 2.26. The molecule has 0 heterocycles. The minimum absolute atomic E-state index is 0.0394. The van der Waals surface area contributed by atoms with Crippen LogP contribution in [0.5, 0.6) is 5.75 Å². The molecule has 6 heteroatoms. The van der Waals surface area contributed by atoms with Crippen molar-refractivity contribution >= 4 is 17.6 Å². The standard InChI is InChI=1S/C14H20N2O4/c1-10(2)16-13(17)6-7-19-14(18)9-20-12-5-3-4-11(15)8-12/h3-5,8,10H,6-7,9,15H2,1-2H3,(H,16,17). The Morgan fingerprint density at radius 2 is 2.10 bits per heavy atom. The minimum atomic E-state index is -0.523. The van der Waals surface area contributed by atoms with Crippen LogP contribution in [0.15, 0.2) is 24.3 Å². The largest absolute Gasteiger partial charge is 0.482 e. The first-order chi connectivity index (χ1) is 9.47. The van der Waals surface area contributed by atoms with Crippen molar-refractivity contribution in [2.75, 3.05) is 18.9 Å². The number of hydrogen-bond donors (Lipinski definition) is 2. The number of amides is 1. The minimum Gasteiger partial charge on any atom is -0.482 e. The van der Waals surface area contributed by atoms with Gasteiger partial charge in [0, 0.05) is 17.8 Å². The summed E-state index contributed by atoms with van der Waals surface area (Å²) in [7, 11) is 0. The van der Waals surface area contributed by atoms with Crippen LogP contribution in [0.25, 0.3) is 0 Å². The molecule has 0 aliphatic carbocycles. The molecule has 0 atom stereocenters. The molecule has 0 radical (unpaired) electrons. The van der Waals surface area contributed by atoms with E-state index in [1.54, 1.807) is 24.3 Å². The van der Waals surface area contributed by atoms with Gasteiger partial charge >= 0.3 is 5.97 Å². The number of hydrogen-bond acceptors (Lipinski definition) is 5. The maximum atomic E-state index is 11.4. The summed E-state index contributed by atoms with van der Waals surface area (Å²) in [5.74, 6) is -0.172. The number of carbonyl (C=O) groups excluding carboxylic acids is 2. The van der Waals surface area contributed by atoms with Gasteiger partial charge in [0.15, 0.2) is 6.61 Å². The van der Waals surface area contributed by atoms with Crippen molar-refractivity contribution in [3.63, 3.8) is 0 Å². The van der Waals surface area contributed by atoms with Crippen LogP contribution in [-0.2, 0) is 14.3 Å². The van der Waals surface area contributed by atoms with Crippen molar-refractivity contribution in [1.29, 1.82) is 0 Å². The van der Waals surface area contributed by atoms with Crippen LogP contribution in [0.1, 0.15) is 20.3 Å². The molecule has 0 aliphatic rings. The zero-order valence-electron chi connectivity index (χ0n) is 11.7. The van der Waals surface area contributed by atoms with Gasteiger partial charge in [-0.05, 0) is 26.0 Å². The van der Waals surface area contributed by atoms with Crippen LogP contribution >= 0.6 is 0 Å². The zero-order chi connectivity index (χ0) is 15.0. The SMILES string of the molecule is CC(C)NC(=O)CCOC(=O)COc1cccc(N)c1. The predicted molar refractivity (Wildman–Crippen MR) is 75.2 cm³/mol. The maximum Gasteiger partial charge on any atom is 0.344 e. The summed E-state index contributed by atoms with van der Waals surface area (Å²) in [6.45, 7) is 3.56. The number of ether oxygens (including phenoxy) is 2. The molecule has 6 nitrogen and oxygen atoms in total. The number of benzene rings is 1. The molecule has 1 rings (SSSR count). The lowest BCUT2D eigenvalue weighted by atomic mass is 10.3. The Morgan fingerprint density at radius 1 is 1.35 bits per heavy atom. The van der Waals surface area contributed by atoms with Gasteiger partial charge < -0.3 is 20.5 Å². The Hall–Kier alpha value is -2.24. The number of esters is 1. The number of anilines is 1. The Labute approximate surface area is 118 Å². The average Bonchev–Trinajstić information content (AvgIpc) is 2.35. The van der Waals surface area contributed by atoms with E-state index >= 15 is 0 Å². The second kappa shape index (κ2) is 8.04. The number of nitrogen functional groups attached to an aromatic ring is 1. The van der Waals surface area contributed by atoms with Gasteiger partial charge in [0.25, 0.3) is 0 Å². The number of nitrogens with two attached hydrogens (primary N) is 1.